The van der Waals surface area contributed by atoms with E-state index in [9.17, 15) is 10.1 Å². The lowest BCUT2D eigenvalue weighted by molar-refractivity contribution is -0.132. The lowest BCUT2D eigenvalue weighted by Gasteiger charge is -2.18. The molecular weight excluding hydrogens is 378 g/mol. The second-order valence-electron chi connectivity index (χ2n) is 7.76. The monoisotopic (exact) mass is 405 g/mol. The van der Waals surface area contributed by atoms with E-state index in [4.69, 9.17) is 4.74 Å². The molecule has 4 rings (SSSR count). The van der Waals surface area contributed by atoms with Crippen molar-refractivity contribution >= 4 is 11.6 Å². The summed E-state index contributed by atoms with van der Waals surface area (Å²) in [5, 5.41) is 18.9. The quantitative estimate of drug-likeness (QED) is 0.704. The van der Waals surface area contributed by atoms with Gasteiger partial charge in [0.05, 0.1) is 17.5 Å². The second-order valence-corrected chi connectivity index (χ2v) is 7.76. The fourth-order valence-corrected chi connectivity index (χ4v) is 3.83. The van der Waals surface area contributed by atoms with Gasteiger partial charge in [-0.1, -0.05) is 24.3 Å². The highest BCUT2D eigenvalue weighted by molar-refractivity contribution is 5.81. The fraction of sp³-hybridized carbons (Fsp3) is 0.435. The van der Waals surface area contributed by atoms with Crippen LogP contribution in [-0.4, -0.2) is 49.3 Å². The molecule has 1 saturated heterocycles. The maximum absolute atomic E-state index is 12.4. The summed E-state index contributed by atoms with van der Waals surface area (Å²) >= 11 is 0. The van der Waals surface area contributed by atoms with E-state index in [0.29, 0.717) is 19.6 Å². The van der Waals surface area contributed by atoms with Crippen LogP contribution in [0.4, 0.5) is 5.69 Å². The van der Waals surface area contributed by atoms with Crippen LogP contribution in [0.25, 0.3) is 11.1 Å². The first-order chi connectivity index (χ1) is 14.7. The molecule has 2 atom stereocenters. The summed E-state index contributed by atoms with van der Waals surface area (Å²) in [5.74, 6) is -0.236. The molecule has 7 nitrogen and oxygen atoms in total. The largest absolute Gasteiger partial charge is 0.384 e. The van der Waals surface area contributed by atoms with Crippen LogP contribution in [0.1, 0.15) is 24.1 Å². The molecule has 2 aliphatic rings. The van der Waals surface area contributed by atoms with E-state index in [1.165, 1.54) is 0 Å². The van der Waals surface area contributed by atoms with Gasteiger partial charge >= 0.3 is 0 Å². The van der Waals surface area contributed by atoms with Crippen LogP contribution in [-0.2, 0) is 22.4 Å². The van der Waals surface area contributed by atoms with Crippen LogP contribution in [0.3, 0.4) is 0 Å². The molecule has 0 unspecified atom stereocenters. The van der Waals surface area contributed by atoms with Crippen molar-refractivity contribution in [3.63, 3.8) is 0 Å². The van der Waals surface area contributed by atoms with Gasteiger partial charge in [-0.25, -0.2) is 0 Å². The third-order valence-electron chi connectivity index (χ3n) is 5.51. The lowest BCUT2D eigenvalue weighted by Crippen LogP contribution is -2.46. The first-order valence-electron chi connectivity index (χ1n) is 10.6. The molecule has 0 saturated carbocycles. The van der Waals surface area contributed by atoms with E-state index in [0.717, 1.165) is 60.4 Å². The number of aryl methyl sites for hydroxylation is 1. The maximum atomic E-state index is 12.4. The average Bonchev–Trinajstić information content (AvgIpc) is 3.08. The molecule has 3 N–H and O–H groups in total. The first kappa shape index (κ1) is 20.3. The van der Waals surface area contributed by atoms with Gasteiger partial charge in [0.1, 0.15) is 12.1 Å². The van der Waals surface area contributed by atoms with Crippen molar-refractivity contribution in [2.45, 2.75) is 37.8 Å². The maximum Gasteiger partial charge on any atom is 0.251 e. The van der Waals surface area contributed by atoms with Gasteiger partial charge in [0.2, 0.25) is 0 Å². The summed E-state index contributed by atoms with van der Waals surface area (Å²) in [4.78, 5) is 17.0. The van der Waals surface area contributed by atoms with Gasteiger partial charge in [0, 0.05) is 37.9 Å². The molecule has 1 aromatic heterocycles. The number of ether oxygens (including phenoxy) is 1. The number of fused-ring (bicyclic) bond motifs is 1. The highest BCUT2D eigenvalue weighted by atomic mass is 16.5. The molecule has 2 aliphatic heterocycles. The Labute approximate surface area is 176 Å². The predicted molar refractivity (Wildman–Crippen MR) is 115 cm³/mol. The molecule has 0 bridgehead atoms. The van der Waals surface area contributed by atoms with E-state index in [1.807, 2.05) is 30.5 Å². The third kappa shape index (κ3) is 4.96. The van der Waals surface area contributed by atoms with Crippen LogP contribution < -0.4 is 16.0 Å². The number of nitriles is 1. The highest BCUT2D eigenvalue weighted by Gasteiger charge is 2.23. The minimum Gasteiger partial charge on any atom is -0.384 e. The molecule has 3 heterocycles. The van der Waals surface area contributed by atoms with E-state index in [-0.39, 0.29) is 5.91 Å². The number of rotatable bonds is 5. The van der Waals surface area contributed by atoms with Gasteiger partial charge in [0.25, 0.3) is 5.91 Å². The molecule has 0 radical (unpaired) electrons. The van der Waals surface area contributed by atoms with Crippen LogP contribution in [0.5, 0.6) is 0 Å². The van der Waals surface area contributed by atoms with Gasteiger partial charge in [-0.05, 0) is 43.0 Å². The summed E-state index contributed by atoms with van der Waals surface area (Å²) in [6, 6.07) is 11.8. The summed E-state index contributed by atoms with van der Waals surface area (Å²) in [6.07, 6.45) is 4.84. The third-order valence-corrected chi connectivity index (χ3v) is 5.51. The van der Waals surface area contributed by atoms with Crippen molar-refractivity contribution in [1.29, 1.82) is 5.26 Å². The number of carbonyl (C=O) groups is 1. The fourth-order valence-electron chi connectivity index (χ4n) is 3.83. The average molecular weight is 406 g/mol. The molecular formula is C23H27N5O2. The molecule has 30 heavy (non-hydrogen) atoms. The number of anilines is 1. The number of nitrogens with one attached hydrogen (secondary N) is 3. The Balaban J connectivity index is 1.38. The van der Waals surface area contributed by atoms with Crippen molar-refractivity contribution in [2.75, 3.05) is 31.6 Å². The van der Waals surface area contributed by atoms with Crippen molar-refractivity contribution in [3.05, 3.63) is 47.8 Å². The minimum absolute atomic E-state index is 0.236. The van der Waals surface area contributed by atoms with E-state index in [2.05, 4.69) is 33.1 Å². The number of benzene rings is 1. The van der Waals surface area contributed by atoms with Crippen LogP contribution in [0, 0.1) is 11.3 Å². The van der Waals surface area contributed by atoms with Crippen LogP contribution in [0.2, 0.25) is 0 Å². The second kappa shape index (κ2) is 9.70. The zero-order chi connectivity index (χ0) is 20.8. The molecule has 2 aromatic rings. The topological polar surface area (TPSA) is 99.1 Å². The number of nitrogens with zero attached hydrogens (tertiary/aromatic N) is 2. The SMILES string of the molecule is N#C[C@H](Cc1ccc(-c2cnc3c(c2)NCCC3)cc1)NC(=O)[C@@H]1CNCCCO1. The number of pyridine rings is 1. The van der Waals surface area contributed by atoms with Crippen molar-refractivity contribution in [1.82, 2.24) is 15.6 Å². The number of hydrogen-bond acceptors (Lipinski definition) is 6. The molecule has 0 spiro atoms. The summed E-state index contributed by atoms with van der Waals surface area (Å²) < 4.78 is 5.57. The molecule has 0 aliphatic carbocycles. The van der Waals surface area contributed by atoms with Crippen molar-refractivity contribution < 1.29 is 9.53 Å². The van der Waals surface area contributed by atoms with E-state index < -0.39 is 12.1 Å². The Morgan fingerprint density at radius 2 is 2.13 bits per heavy atom. The van der Waals surface area contributed by atoms with Gasteiger partial charge in [-0.3, -0.25) is 9.78 Å². The first-order valence-corrected chi connectivity index (χ1v) is 10.6. The van der Waals surface area contributed by atoms with Gasteiger partial charge in [-0.2, -0.15) is 5.26 Å². The van der Waals surface area contributed by atoms with E-state index in [1.54, 1.807) is 0 Å². The summed E-state index contributed by atoms with van der Waals surface area (Å²) in [6.45, 7) is 2.85. The Kier molecular flexibility index (Phi) is 6.57. The van der Waals surface area contributed by atoms with Gasteiger partial charge < -0.3 is 20.7 Å². The van der Waals surface area contributed by atoms with Crippen molar-refractivity contribution in [3.8, 4) is 17.2 Å². The number of aromatic nitrogens is 1. The summed E-state index contributed by atoms with van der Waals surface area (Å²) in [5.41, 5.74) is 5.39. The molecule has 1 fully saturated rings. The Morgan fingerprint density at radius 3 is 2.97 bits per heavy atom. The zero-order valence-corrected chi connectivity index (χ0v) is 17.0. The van der Waals surface area contributed by atoms with Gasteiger partial charge in [0.15, 0.2) is 0 Å². The minimum atomic E-state index is -0.593. The van der Waals surface area contributed by atoms with Crippen LogP contribution in [0.15, 0.2) is 36.5 Å². The normalized spacial score (nSPS) is 19.5. The standard InChI is InChI=1S/C23H27N5O2/c24-13-19(28-23(29)22-15-25-8-2-10-30-22)11-16-4-6-17(7-5-16)18-12-21-20(27-14-18)3-1-9-26-21/h4-7,12,14,19,22,25-26H,1-3,8-11,15H2,(H,28,29)/t19-,22-/m0/s1. The van der Waals surface area contributed by atoms with E-state index >= 15 is 0 Å². The smallest absolute Gasteiger partial charge is 0.251 e. The predicted octanol–water partition coefficient (Wildman–Crippen LogP) is 2.04. The van der Waals surface area contributed by atoms with Crippen LogP contribution >= 0.6 is 0 Å². The molecule has 156 valence electrons. The number of hydrogen-bond donors (Lipinski definition) is 3. The molecule has 7 heteroatoms. The Hall–Kier alpha value is -2.95. The Bertz CT molecular complexity index is 914. The Morgan fingerprint density at radius 1 is 1.27 bits per heavy atom. The molecule has 1 aromatic carbocycles. The highest BCUT2D eigenvalue weighted by Crippen LogP contribution is 2.27. The zero-order valence-electron chi connectivity index (χ0n) is 17.0. The van der Waals surface area contributed by atoms with Crippen molar-refractivity contribution in [2.24, 2.45) is 0 Å². The van der Waals surface area contributed by atoms with Gasteiger partial charge in [-0.15, -0.1) is 0 Å². The molecule has 1 amide bonds. The number of amides is 1. The number of carbonyl (C=O) groups excluding carboxylic acids is 1. The summed E-state index contributed by atoms with van der Waals surface area (Å²) in [7, 11) is 0. The lowest BCUT2D eigenvalue weighted by atomic mass is 10.00.